The van der Waals surface area contributed by atoms with Crippen molar-refractivity contribution in [3.8, 4) is 5.75 Å². The quantitative estimate of drug-likeness (QED) is 0.331. The van der Waals surface area contributed by atoms with Crippen LogP contribution < -0.4 is 10.1 Å². The number of methoxy groups -OCH3 is 1. The summed E-state index contributed by atoms with van der Waals surface area (Å²) in [6.07, 6.45) is 0. The Balaban J connectivity index is 0.00000392. The Hall–Kier alpha value is -1.94. The van der Waals surface area contributed by atoms with E-state index in [4.69, 9.17) is 4.74 Å². The van der Waals surface area contributed by atoms with Crippen LogP contribution in [-0.2, 0) is 24.4 Å². The fourth-order valence-corrected chi connectivity index (χ4v) is 2.71. The van der Waals surface area contributed by atoms with Crippen molar-refractivity contribution in [3.63, 3.8) is 0 Å². The van der Waals surface area contributed by atoms with E-state index in [0.29, 0.717) is 19.7 Å². The number of rotatable bonds is 8. The molecule has 0 aliphatic heterocycles. The van der Waals surface area contributed by atoms with Gasteiger partial charge in [0, 0.05) is 34.3 Å². The second-order valence-corrected chi connectivity index (χ2v) is 5.98. The van der Waals surface area contributed by atoms with Gasteiger partial charge in [0.1, 0.15) is 5.75 Å². The summed E-state index contributed by atoms with van der Waals surface area (Å²) in [5.41, 5.74) is 3.23. The molecule has 0 unspecified atom stereocenters. The van der Waals surface area contributed by atoms with Crippen LogP contribution in [0.5, 0.6) is 5.75 Å². The normalized spacial score (nSPS) is 11.1. The topological polar surface area (TPSA) is 46.1 Å². The van der Waals surface area contributed by atoms with E-state index in [1.807, 2.05) is 30.1 Å². The predicted octanol–water partition coefficient (Wildman–Crippen LogP) is 4.26. The highest BCUT2D eigenvalue weighted by Crippen LogP contribution is 2.16. The van der Waals surface area contributed by atoms with Crippen molar-refractivity contribution in [3.05, 3.63) is 65.2 Å². The maximum absolute atomic E-state index is 12.2. The molecule has 5 nitrogen and oxygen atoms in total. The minimum Gasteiger partial charge on any atom is -0.435 e. The van der Waals surface area contributed by atoms with Crippen LogP contribution in [0.2, 0.25) is 0 Å². The highest BCUT2D eigenvalue weighted by Gasteiger charge is 2.09. The zero-order chi connectivity index (χ0) is 19.6. The molecule has 2 aromatic carbocycles. The fourth-order valence-electron chi connectivity index (χ4n) is 2.71. The van der Waals surface area contributed by atoms with Gasteiger partial charge in [-0.05, 0) is 28.8 Å². The van der Waals surface area contributed by atoms with Crippen LogP contribution in [0.1, 0.15) is 16.7 Å². The molecule has 154 valence electrons. The predicted molar refractivity (Wildman–Crippen MR) is 117 cm³/mol. The lowest BCUT2D eigenvalue weighted by atomic mass is 10.1. The molecule has 0 aromatic heterocycles. The largest absolute Gasteiger partial charge is 0.435 e. The Kier molecular flexibility index (Phi) is 10.8. The fraction of sp³-hybridized carbons (Fsp3) is 0.350. The molecule has 0 amide bonds. The Labute approximate surface area is 181 Å². The number of nitrogens with zero attached hydrogens (tertiary/aromatic N) is 2. The number of hydrogen-bond acceptors (Lipinski definition) is 3. The van der Waals surface area contributed by atoms with Crippen LogP contribution in [0.3, 0.4) is 0 Å². The van der Waals surface area contributed by atoms with E-state index >= 15 is 0 Å². The summed E-state index contributed by atoms with van der Waals surface area (Å²) in [7, 11) is 5.31. The minimum atomic E-state index is -2.82. The molecule has 1 N–H and O–H groups in total. The molecule has 0 fully saturated rings. The molecule has 0 saturated heterocycles. The van der Waals surface area contributed by atoms with E-state index in [0.717, 1.165) is 22.6 Å². The van der Waals surface area contributed by atoms with E-state index in [1.54, 1.807) is 26.3 Å². The maximum atomic E-state index is 12.2. The highest BCUT2D eigenvalue weighted by atomic mass is 127. The first-order valence-electron chi connectivity index (χ1n) is 8.54. The van der Waals surface area contributed by atoms with E-state index in [9.17, 15) is 8.78 Å². The first-order chi connectivity index (χ1) is 13.0. The summed E-state index contributed by atoms with van der Waals surface area (Å²) in [6.45, 7) is -1.06. The summed E-state index contributed by atoms with van der Waals surface area (Å²) in [4.78, 5) is 6.27. The van der Waals surface area contributed by atoms with Gasteiger partial charge in [0.25, 0.3) is 0 Å². The molecule has 0 bridgehead atoms. The van der Waals surface area contributed by atoms with Crippen molar-refractivity contribution >= 4 is 29.9 Å². The van der Waals surface area contributed by atoms with Gasteiger partial charge in [-0.3, -0.25) is 4.99 Å². The average molecular weight is 505 g/mol. The SMILES string of the molecule is CN=C(NCc1ccccc1COC)N(C)Cc1ccc(OC(F)F)cc1.I. The monoisotopic (exact) mass is 505 g/mol. The van der Waals surface area contributed by atoms with Gasteiger partial charge in [-0.25, -0.2) is 0 Å². The molecule has 2 aromatic rings. The van der Waals surface area contributed by atoms with Gasteiger partial charge in [-0.1, -0.05) is 36.4 Å². The van der Waals surface area contributed by atoms with E-state index in [2.05, 4.69) is 21.1 Å². The lowest BCUT2D eigenvalue weighted by molar-refractivity contribution is -0.0498. The van der Waals surface area contributed by atoms with Crippen molar-refractivity contribution in [1.82, 2.24) is 10.2 Å². The first-order valence-corrected chi connectivity index (χ1v) is 8.54. The van der Waals surface area contributed by atoms with Crippen LogP contribution in [0.4, 0.5) is 8.78 Å². The number of benzene rings is 2. The molecular formula is C20H26F2IN3O2. The molecule has 0 atom stereocenters. The minimum absolute atomic E-state index is 0. The van der Waals surface area contributed by atoms with Crippen LogP contribution in [-0.4, -0.2) is 38.7 Å². The number of hydrogen-bond donors (Lipinski definition) is 1. The number of halogens is 3. The number of aliphatic imine (C=N–C) groups is 1. The molecule has 2 rings (SSSR count). The Bertz CT molecular complexity index is 742. The van der Waals surface area contributed by atoms with E-state index in [-0.39, 0.29) is 29.7 Å². The highest BCUT2D eigenvalue weighted by molar-refractivity contribution is 14.0. The summed E-state index contributed by atoms with van der Waals surface area (Å²) < 4.78 is 34.0. The molecule has 8 heteroatoms. The Morgan fingerprint density at radius 1 is 1.11 bits per heavy atom. The second kappa shape index (κ2) is 12.5. The molecule has 0 radical (unpaired) electrons. The lowest BCUT2D eigenvalue weighted by Crippen LogP contribution is -2.38. The van der Waals surface area contributed by atoms with E-state index < -0.39 is 6.61 Å². The van der Waals surface area contributed by atoms with Gasteiger partial charge in [-0.15, -0.1) is 24.0 Å². The lowest BCUT2D eigenvalue weighted by Gasteiger charge is -2.23. The van der Waals surface area contributed by atoms with Crippen LogP contribution in [0.15, 0.2) is 53.5 Å². The maximum Gasteiger partial charge on any atom is 0.387 e. The Morgan fingerprint density at radius 2 is 1.75 bits per heavy atom. The van der Waals surface area contributed by atoms with Gasteiger partial charge in [0.2, 0.25) is 0 Å². The zero-order valence-corrected chi connectivity index (χ0v) is 18.5. The summed E-state index contributed by atoms with van der Waals surface area (Å²) in [5, 5.41) is 3.34. The van der Waals surface area contributed by atoms with Gasteiger partial charge in [0.15, 0.2) is 5.96 Å². The standard InChI is InChI=1S/C20H25F2N3O2.HI/c1-23-20(24-12-16-6-4-5-7-17(16)14-26-3)25(2)13-15-8-10-18(11-9-15)27-19(21)22;/h4-11,19H,12-14H2,1-3H3,(H,23,24);1H. The van der Waals surface area contributed by atoms with Crippen molar-refractivity contribution in [1.29, 1.82) is 0 Å². The zero-order valence-electron chi connectivity index (χ0n) is 16.2. The van der Waals surface area contributed by atoms with Crippen LogP contribution in [0, 0.1) is 0 Å². The average Bonchev–Trinajstić information content (AvgIpc) is 2.65. The second-order valence-electron chi connectivity index (χ2n) is 5.98. The number of guanidine groups is 1. The molecule has 28 heavy (non-hydrogen) atoms. The molecule has 0 aliphatic carbocycles. The molecular weight excluding hydrogens is 479 g/mol. The van der Waals surface area contributed by atoms with Gasteiger partial charge >= 0.3 is 6.61 Å². The number of ether oxygens (including phenoxy) is 2. The number of alkyl halides is 2. The van der Waals surface area contributed by atoms with Crippen molar-refractivity contribution in [2.45, 2.75) is 26.3 Å². The third-order valence-corrected chi connectivity index (χ3v) is 4.00. The summed E-state index contributed by atoms with van der Waals surface area (Å²) in [5.74, 6) is 0.879. The van der Waals surface area contributed by atoms with Gasteiger partial charge in [-0.2, -0.15) is 8.78 Å². The summed E-state index contributed by atoms with van der Waals surface area (Å²) in [6, 6.07) is 14.7. The van der Waals surface area contributed by atoms with Crippen molar-refractivity contribution in [2.24, 2.45) is 4.99 Å². The first kappa shape index (κ1) is 24.1. The van der Waals surface area contributed by atoms with E-state index in [1.165, 1.54) is 12.1 Å². The van der Waals surface area contributed by atoms with Gasteiger partial charge in [0.05, 0.1) is 6.61 Å². The van der Waals surface area contributed by atoms with Gasteiger partial charge < -0.3 is 19.7 Å². The molecule has 0 spiro atoms. The van der Waals surface area contributed by atoms with Crippen LogP contribution >= 0.6 is 24.0 Å². The third-order valence-electron chi connectivity index (χ3n) is 4.00. The van der Waals surface area contributed by atoms with Crippen LogP contribution in [0.25, 0.3) is 0 Å². The van der Waals surface area contributed by atoms with Crippen molar-refractivity contribution in [2.75, 3.05) is 21.2 Å². The Morgan fingerprint density at radius 3 is 2.32 bits per heavy atom. The summed E-state index contributed by atoms with van der Waals surface area (Å²) >= 11 is 0. The smallest absolute Gasteiger partial charge is 0.387 e. The van der Waals surface area contributed by atoms with Crippen molar-refractivity contribution < 1.29 is 18.3 Å². The third kappa shape index (κ3) is 7.59. The molecule has 0 aliphatic rings. The molecule has 0 saturated carbocycles. The molecule has 0 heterocycles. The number of nitrogens with one attached hydrogen (secondary N) is 1.